The van der Waals surface area contributed by atoms with Crippen molar-refractivity contribution in [3.63, 3.8) is 0 Å². The number of nitrogens with one attached hydrogen (secondary N) is 1. The molecule has 0 radical (unpaired) electrons. The lowest BCUT2D eigenvalue weighted by atomic mass is 10.1. The molecule has 6 heteroatoms. The first-order valence-corrected chi connectivity index (χ1v) is 5.95. The van der Waals surface area contributed by atoms with E-state index in [-0.39, 0.29) is 13.4 Å². The van der Waals surface area contributed by atoms with Crippen molar-refractivity contribution in [1.29, 1.82) is 0 Å². The third-order valence-corrected chi connectivity index (χ3v) is 2.75. The largest absolute Gasteiger partial charge is 0.454 e. The van der Waals surface area contributed by atoms with Crippen molar-refractivity contribution < 1.29 is 14.6 Å². The zero-order chi connectivity index (χ0) is 13.1. The first-order valence-electron chi connectivity index (χ1n) is 5.95. The van der Waals surface area contributed by atoms with E-state index >= 15 is 0 Å². The van der Waals surface area contributed by atoms with Gasteiger partial charge in [-0.05, 0) is 30.3 Å². The highest BCUT2D eigenvalue weighted by atomic mass is 16.7. The van der Waals surface area contributed by atoms with Crippen LogP contribution in [0.2, 0.25) is 0 Å². The predicted molar refractivity (Wildman–Crippen MR) is 69.2 cm³/mol. The SMILES string of the molecule is OCCNc1ccc(-c2ccc3c(c2)OCO3)nn1. The molecule has 0 saturated heterocycles. The van der Waals surface area contributed by atoms with E-state index < -0.39 is 0 Å². The van der Waals surface area contributed by atoms with Crippen molar-refractivity contribution in [3.8, 4) is 22.8 Å². The van der Waals surface area contributed by atoms with E-state index in [0.29, 0.717) is 12.4 Å². The van der Waals surface area contributed by atoms with Gasteiger partial charge in [0.05, 0.1) is 12.3 Å². The minimum absolute atomic E-state index is 0.0611. The molecule has 0 saturated carbocycles. The lowest BCUT2D eigenvalue weighted by molar-refractivity contribution is 0.174. The van der Waals surface area contributed by atoms with Crippen LogP contribution in [-0.4, -0.2) is 35.2 Å². The Balaban J connectivity index is 1.82. The van der Waals surface area contributed by atoms with Crippen LogP contribution in [0.5, 0.6) is 11.5 Å². The van der Waals surface area contributed by atoms with E-state index in [2.05, 4.69) is 15.5 Å². The molecule has 0 amide bonds. The van der Waals surface area contributed by atoms with Crippen LogP contribution in [-0.2, 0) is 0 Å². The number of hydrogen-bond donors (Lipinski definition) is 2. The monoisotopic (exact) mass is 259 g/mol. The third-order valence-electron chi connectivity index (χ3n) is 2.75. The zero-order valence-electron chi connectivity index (χ0n) is 10.2. The first-order chi connectivity index (χ1) is 9.36. The Kier molecular flexibility index (Phi) is 3.16. The summed E-state index contributed by atoms with van der Waals surface area (Å²) in [6, 6.07) is 9.34. The number of aromatic nitrogens is 2. The lowest BCUT2D eigenvalue weighted by Crippen LogP contribution is -2.07. The van der Waals surface area contributed by atoms with Gasteiger partial charge in [-0.1, -0.05) is 0 Å². The lowest BCUT2D eigenvalue weighted by Gasteiger charge is -2.04. The molecule has 0 bridgehead atoms. The fourth-order valence-electron chi connectivity index (χ4n) is 1.82. The van der Waals surface area contributed by atoms with E-state index in [0.717, 1.165) is 22.8 Å². The van der Waals surface area contributed by atoms with Crippen LogP contribution in [0.1, 0.15) is 0 Å². The maximum Gasteiger partial charge on any atom is 0.231 e. The number of hydrogen-bond acceptors (Lipinski definition) is 6. The molecule has 2 N–H and O–H groups in total. The fourth-order valence-corrected chi connectivity index (χ4v) is 1.82. The topological polar surface area (TPSA) is 76.5 Å². The number of rotatable bonds is 4. The maximum atomic E-state index is 8.71. The summed E-state index contributed by atoms with van der Waals surface area (Å²) >= 11 is 0. The molecular weight excluding hydrogens is 246 g/mol. The molecule has 1 aliphatic rings. The molecule has 0 spiro atoms. The standard InChI is InChI=1S/C13H13N3O3/c17-6-5-14-13-4-2-10(15-16-13)9-1-3-11-12(7-9)19-8-18-11/h1-4,7,17H,5-6,8H2,(H,14,16). The average Bonchev–Trinajstić information content (AvgIpc) is 2.93. The molecule has 6 nitrogen and oxygen atoms in total. The summed E-state index contributed by atoms with van der Waals surface area (Å²) in [7, 11) is 0. The van der Waals surface area contributed by atoms with Crippen molar-refractivity contribution in [2.45, 2.75) is 0 Å². The molecule has 2 heterocycles. The van der Waals surface area contributed by atoms with Crippen molar-refractivity contribution in [3.05, 3.63) is 30.3 Å². The molecule has 1 aliphatic heterocycles. The van der Waals surface area contributed by atoms with Gasteiger partial charge in [-0.25, -0.2) is 0 Å². The van der Waals surface area contributed by atoms with Crippen LogP contribution >= 0.6 is 0 Å². The van der Waals surface area contributed by atoms with Crippen molar-refractivity contribution >= 4 is 5.82 Å². The van der Waals surface area contributed by atoms with E-state index in [1.807, 2.05) is 30.3 Å². The molecule has 0 fully saturated rings. The number of benzene rings is 1. The normalized spacial score (nSPS) is 12.5. The zero-order valence-corrected chi connectivity index (χ0v) is 10.2. The van der Waals surface area contributed by atoms with Crippen LogP contribution < -0.4 is 14.8 Å². The molecule has 1 aromatic heterocycles. The summed E-state index contributed by atoms with van der Waals surface area (Å²) < 4.78 is 10.6. The molecular formula is C13H13N3O3. The van der Waals surface area contributed by atoms with Gasteiger partial charge in [0.2, 0.25) is 6.79 Å². The van der Waals surface area contributed by atoms with Gasteiger partial charge in [-0.2, -0.15) is 0 Å². The summed E-state index contributed by atoms with van der Waals surface area (Å²) in [5, 5.41) is 19.8. The van der Waals surface area contributed by atoms with Gasteiger partial charge in [0.25, 0.3) is 0 Å². The highest BCUT2D eigenvalue weighted by Gasteiger charge is 2.14. The second-order valence-corrected chi connectivity index (χ2v) is 4.02. The van der Waals surface area contributed by atoms with Gasteiger partial charge < -0.3 is 19.9 Å². The quantitative estimate of drug-likeness (QED) is 0.861. The molecule has 2 aromatic rings. The number of anilines is 1. The smallest absolute Gasteiger partial charge is 0.231 e. The second-order valence-electron chi connectivity index (χ2n) is 4.02. The second kappa shape index (κ2) is 5.11. The minimum atomic E-state index is 0.0611. The van der Waals surface area contributed by atoms with Gasteiger partial charge in [0.15, 0.2) is 11.5 Å². The maximum absolute atomic E-state index is 8.71. The molecule has 0 aliphatic carbocycles. The molecule has 1 aromatic carbocycles. The average molecular weight is 259 g/mol. The van der Waals surface area contributed by atoms with Crippen molar-refractivity contribution in [2.24, 2.45) is 0 Å². The van der Waals surface area contributed by atoms with Gasteiger partial charge in [-0.3, -0.25) is 0 Å². The Morgan fingerprint density at radius 2 is 2.00 bits per heavy atom. The van der Waals surface area contributed by atoms with E-state index in [4.69, 9.17) is 14.6 Å². The molecule has 0 unspecified atom stereocenters. The van der Waals surface area contributed by atoms with Gasteiger partial charge in [0.1, 0.15) is 5.82 Å². The number of aliphatic hydroxyl groups excluding tert-OH is 1. The Morgan fingerprint density at radius 3 is 2.79 bits per heavy atom. The summed E-state index contributed by atoms with van der Waals surface area (Å²) in [4.78, 5) is 0. The summed E-state index contributed by atoms with van der Waals surface area (Å²) in [6.45, 7) is 0.776. The van der Waals surface area contributed by atoms with E-state index in [9.17, 15) is 0 Å². The van der Waals surface area contributed by atoms with Gasteiger partial charge >= 0.3 is 0 Å². The Hall–Kier alpha value is -2.34. The summed E-state index contributed by atoms with van der Waals surface area (Å²) in [5.74, 6) is 2.11. The number of nitrogens with zero attached hydrogens (tertiary/aromatic N) is 2. The first kappa shape index (κ1) is 11.7. The number of fused-ring (bicyclic) bond motifs is 1. The highest BCUT2D eigenvalue weighted by Crippen LogP contribution is 2.35. The molecule has 98 valence electrons. The van der Waals surface area contributed by atoms with E-state index in [1.54, 1.807) is 0 Å². The van der Waals surface area contributed by atoms with Crippen LogP contribution in [0, 0.1) is 0 Å². The predicted octanol–water partition coefficient (Wildman–Crippen LogP) is 1.28. The van der Waals surface area contributed by atoms with Gasteiger partial charge in [-0.15, -0.1) is 10.2 Å². The minimum Gasteiger partial charge on any atom is -0.454 e. The van der Waals surface area contributed by atoms with E-state index in [1.165, 1.54) is 0 Å². The van der Waals surface area contributed by atoms with Crippen molar-refractivity contribution in [1.82, 2.24) is 10.2 Å². The van der Waals surface area contributed by atoms with Crippen LogP contribution in [0.3, 0.4) is 0 Å². The summed E-state index contributed by atoms with van der Waals surface area (Å²) in [5.41, 5.74) is 1.68. The van der Waals surface area contributed by atoms with Crippen molar-refractivity contribution in [2.75, 3.05) is 25.3 Å². The third kappa shape index (κ3) is 2.43. The molecule has 0 atom stereocenters. The molecule has 3 rings (SSSR count). The Bertz CT molecular complexity index is 572. The highest BCUT2D eigenvalue weighted by molar-refractivity contribution is 5.64. The van der Waals surface area contributed by atoms with Crippen LogP contribution in [0.4, 0.5) is 5.82 Å². The number of ether oxygens (including phenoxy) is 2. The Morgan fingerprint density at radius 1 is 1.11 bits per heavy atom. The molecule has 19 heavy (non-hydrogen) atoms. The fraction of sp³-hybridized carbons (Fsp3) is 0.231. The Labute approximate surface area is 110 Å². The summed E-state index contributed by atoms with van der Waals surface area (Å²) in [6.07, 6.45) is 0. The van der Waals surface area contributed by atoms with Crippen LogP contribution in [0.25, 0.3) is 11.3 Å². The van der Waals surface area contributed by atoms with Crippen LogP contribution in [0.15, 0.2) is 30.3 Å². The van der Waals surface area contributed by atoms with Gasteiger partial charge in [0, 0.05) is 12.1 Å². The number of aliphatic hydroxyl groups is 1.